The molecule has 4 rings (SSSR count). The molecule has 0 spiro atoms. The highest BCUT2D eigenvalue weighted by Crippen LogP contribution is 2.19. The number of aryl methyl sites for hydroxylation is 2. The van der Waals surface area contributed by atoms with Crippen molar-refractivity contribution in [2.24, 2.45) is 19.2 Å². The zero-order valence-corrected chi connectivity index (χ0v) is 20.1. The van der Waals surface area contributed by atoms with E-state index in [1.165, 1.54) is 16.2 Å². The van der Waals surface area contributed by atoms with Crippen LogP contribution in [0.5, 0.6) is 5.75 Å². The van der Waals surface area contributed by atoms with Crippen LogP contribution in [0.15, 0.2) is 69.3 Å². The van der Waals surface area contributed by atoms with Gasteiger partial charge in [0.25, 0.3) is 5.56 Å². The monoisotopic (exact) mass is 476 g/mol. The number of aliphatic hydroxyl groups excluding tert-OH is 1. The molecule has 2 heterocycles. The second kappa shape index (κ2) is 9.98. The van der Waals surface area contributed by atoms with Crippen molar-refractivity contribution in [1.82, 2.24) is 18.7 Å². The standard InChI is InChI=1S/C25H28N6O4/c1-16-10-8-9-13-20(16)35-15-19(32)14-31-21-22(29(3)25(34)30(4)23(21)33)26-24(31)28-27-17(2)18-11-6-5-7-12-18/h5-13,19,32H,14-15H2,1-4H3,(H,26,28)/b27-17+. The summed E-state index contributed by atoms with van der Waals surface area (Å²) in [5.41, 5.74) is 4.84. The number of para-hydroxylation sites is 1. The lowest BCUT2D eigenvalue weighted by Gasteiger charge is -2.16. The highest BCUT2D eigenvalue weighted by Gasteiger charge is 2.21. The molecule has 0 aliphatic carbocycles. The summed E-state index contributed by atoms with van der Waals surface area (Å²) in [4.78, 5) is 29.9. The number of benzene rings is 2. The average Bonchev–Trinajstić information content (AvgIpc) is 3.22. The number of hydrogen-bond donors (Lipinski definition) is 2. The van der Waals surface area contributed by atoms with Gasteiger partial charge in [-0.2, -0.15) is 10.1 Å². The Bertz CT molecular complexity index is 1500. The van der Waals surface area contributed by atoms with Gasteiger partial charge in [-0.3, -0.25) is 13.9 Å². The minimum absolute atomic E-state index is 0.00192. The fourth-order valence-corrected chi connectivity index (χ4v) is 3.76. The Morgan fingerprint density at radius 1 is 1.09 bits per heavy atom. The van der Waals surface area contributed by atoms with Crippen molar-refractivity contribution in [3.63, 3.8) is 0 Å². The van der Waals surface area contributed by atoms with Crippen LogP contribution in [0.1, 0.15) is 18.1 Å². The average molecular weight is 477 g/mol. The van der Waals surface area contributed by atoms with Crippen LogP contribution < -0.4 is 21.4 Å². The Balaban J connectivity index is 1.70. The number of anilines is 1. The van der Waals surface area contributed by atoms with Crippen molar-refractivity contribution in [3.05, 3.63) is 86.6 Å². The first-order valence-corrected chi connectivity index (χ1v) is 11.2. The molecular weight excluding hydrogens is 448 g/mol. The second-order valence-electron chi connectivity index (χ2n) is 8.33. The Hall–Kier alpha value is -4.18. The molecule has 2 aromatic heterocycles. The molecular formula is C25H28N6O4. The first-order valence-electron chi connectivity index (χ1n) is 11.2. The third kappa shape index (κ3) is 4.87. The van der Waals surface area contributed by atoms with Crippen molar-refractivity contribution < 1.29 is 9.84 Å². The zero-order chi connectivity index (χ0) is 25.1. The number of aliphatic hydroxyl groups is 1. The lowest BCUT2D eigenvalue weighted by Crippen LogP contribution is -2.38. The van der Waals surface area contributed by atoms with Crippen LogP contribution in [0.25, 0.3) is 11.2 Å². The molecule has 1 atom stereocenters. The molecule has 1 unspecified atom stereocenters. The minimum atomic E-state index is -0.964. The van der Waals surface area contributed by atoms with Gasteiger partial charge in [0.1, 0.15) is 18.5 Å². The molecule has 35 heavy (non-hydrogen) atoms. The summed E-state index contributed by atoms with van der Waals surface area (Å²) in [6.45, 7) is 3.76. The molecule has 10 heteroatoms. The molecule has 0 aliphatic rings. The Morgan fingerprint density at radius 3 is 2.49 bits per heavy atom. The minimum Gasteiger partial charge on any atom is -0.491 e. The lowest BCUT2D eigenvalue weighted by molar-refractivity contribution is 0.0935. The molecule has 0 amide bonds. The van der Waals surface area contributed by atoms with E-state index in [-0.39, 0.29) is 30.3 Å². The van der Waals surface area contributed by atoms with Gasteiger partial charge in [-0.1, -0.05) is 48.5 Å². The summed E-state index contributed by atoms with van der Waals surface area (Å²) < 4.78 is 9.62. The van der Waals surface area contributed by atoms with Crippen molar-refractivity contribution in [2.75, 3.05) is 12.0 Å². The van der Waals surface area contributed by atoms with E-state index in [0.717, 1.165) is 15.7 Å². The van der Waals surface area contributed by atoms with Gasteiger partial charge in [0.05, 0.1) is 12.3 Å². The zero-order valence-electron chi connectivity index (χ0n) is 20.1. The van der Waals surface area contributed by atoms with Gasteiger partial charge in [-0.25, -0.2) is 10.2 Å². The van der Waals surface area contributed by atoms with Crippen LogP contribution in [-0.2, 0) is 20.6 Å². The smallest absolute Gasteiger partial charge is 0.332 e. The molecule has 0 saturated heterocycles. The van der Waals surface area contributed by atoms with Gasteiger partial charge in [0, 0.05) is 14.1 Å². The van der Waals surface area contributed by atoms with Crippen molar-refractivity contribution in [3.8, 4) is 5.75 Å². The van der Waals surface area contributed by atoms with Gasteiger partial charge in [-0.05, 0) is 31.0 Å². The van der Waals surface area contributed by atoms with Crippen LogP contribution in [-0.4, -0.2) is 42.2 Å². The van der Waals surface area contributed by atoms with Gasteiger partial charge in [-0.15, -0.1) is 0 Å². The number of ether oxygens (including phenoxy) is 1. The van der Waals surface area contributed by atoms with Gasteiger partial charge in [0.2, 0.25) is 5.95 Å². The molecule has 10 nitrogen and oxygen atoms in total. The van der Waals surface area contributed by atoms with E-state index in [0.29, 0.717) is 11.5 Å². The number of imidazole rings is 1. The third-order valence-electron chi connectivity index (χ3n) is 5.78. The van der Waals surface area contributed by atoms with Gasteiger partial charge < -0.3 is 14.4 Å². The summed E-state index contributed by atoms with van der Waals surface area (Å²) in [5, 5.41) is 15.2. The predicted molar refractivity (Wildman–Crippen MR) is 135 cm³/mol. The summed E-state index contributed by atoms with van der Waals surface area (Å²) >= 11 is 0. The van der Waals surface area contributed by atoms with Crippen LogP contribution in [0.3, 0.4) is 0 Å². The van der Waals surface area contributed by atoms with E-state index in [2.05, 4.69) is 15.5 Å². The Labute approximate surface area is 201 Å². The van der Waals surface area contributed by atoms with Crippen LogP contribution >= 0.6 is 0 Å². The molecule has 0 bridgehead atoms. The number of hydrogen-bond acceptors (Lipinski definition) is 7. The number of nitrogens with zero attached hydrogens (tertiary/aromatic N) is 5. The van der Waals surface area contributed by atoms with Crippen LogP contribution in [0.2, 0.25) is 0 Å². The van der Waals surface area contributed by atoms with Crippen molar-refractivity contribution in [1.29, 1.82) is 0 Å². The van der Waals surface area contributed by atoms with E-state index < -0.39 is 17.4 Å². The fourth-order valence-electron chi connectivity index (χ4n) is 3.76. The number of hydrazone groups is 1. The quantitative estimate of drug-likeness (QED) is 0.297. The topological polar surface area (TPSA) is 116 Å². The SMILES string of the molecule is C/C(=N\Nc1nc2c(c(=O)n(C)c(=O)n2C)n1CC(O)COc1ccccc1C)c1ccccc1. The van der Waals surface area contributed by atoms with E-state index >= 15 is 0 Å². The van der Waals surface area contributed by atoms with E-state index in [1.807, 2.05) is 68.4 Å². The Morgan fingerprint density at radius 2 is 1.77 bits per heavy atom. The summed E-state index contributed by atoms with van der Waals surface area (Å²) in [7, 11) is 2.95. The molecule has 0 aliphatic heterocycles. The van der Waals surface area contributed by atoms with Crippen molar-refractivity contribution in [2.45, 2.75) is 26.5 Å². The number of rotatable bonds is 8. The number of aromatic nitrogens is 4. The van der Waals surface area contributed by atoms with Gasteiger partial charge in [0.15, 0.2) is 11.2 Å². The molecule has 0 fully saturated rings. The maximum absolute atomic E-state index is 13.0. The molecule has 2 N–H and O–H groups in total. The summed E-state index contributed by atoms with van der Waals surface area (Å²) in [6, 6.07) is 17.1. The molecule has 0 saturated carbocycles. The maximum atomic E-state index is 13.0. The van der Waals surface area contributed by atoms with E-state index in [9.17, 15) is 14.7 Å². The third-order valence-corrected chi connectivity index (χ3v) is 5.78. The van der Waals surface area contributed by atoms with E-state index in [1.54, 1.807) is 7.05 Å². The Kier molecular flexibility index (Phi) is 6.83. The van der Waals surface area contributed by atoms with Crippen molar-refractivity contribution >= 4 is 22.8 Å². The number of nitrogens with one attached hydrogen (secondary N) is 1. The van der Waals surface area contributed by atoms with Crippen LogP contribution in [0.4, 0.5) is 5.95 Å². The molecule has 0 radical (unpaired) electrons. The summed E-state index contributed by atoms with van der Waals surface area (Å²) in [6.07, 6.45) is -0.964. The molecule has 2 aromatic carbocycles. The highest BCUT2D eigenvalue weighted by molar-refractivity contribution is 5.99. The lowest BCUT2D eigenvalue weighted by atomic mass is 10.1. The fraction of sp³-hybridized carbons (Fsp3) is 0.280. The van der Waals surface area contributed by atoms with Crippen LogP contribution in [0, 0.1) is 6.92 Å². The first-order chi connectivity index (χ1) is 16.8. The first kappa shape index (κ1) is 24.0. The second-order valence-corrected chi connectivity index (χ2v) is 8.33. The maximum Gasteiger partial charge on any atom is 0.332 e. The predicted octanol–water partition coefficient (Wildman–Crippen LogP) is 2.02. The highest BCUT2D eigenvalue weighted by atomic mass is 16.5. The van der Waals surface area contributed by atoms with Gasteiger partial charge >= 0.3 is 5.69 Å². The number of fused-ring (bicyclic) bond motifs is 1. The summed E-state index contributed by atoms with van der Waals surface area (Å²) in [5.74, 6) is 0.894. The normalized spacial score (nSPS) is 12.7. The molecule has 182 valence electrons. The largest absolute Gasteiger partial charge is 0.491 e. The molecule has 4 aromatic rings. The van der Waals surface area contributed by atoms with E-state index in [4.69, 9.17) is 4.74 Å².